The van der Waals surface area contributed by atoms with E-state index in [-0.39, 0.29) is 16.5 Å². The molecule has 1 aliphatic carbocycles. The van der Waals surface area contributed by atoms with Crippen LogP contribution in [-0.4, -0.2) is 23.3 Å². The molecule has 0 bridgehead atoms. The number of phenols is 1. The van der Waals surface area contributed by atoms with Gasteiger partial charge >= 0.3 is 5.97 Å². The van der Waals surface area contributed by atoms with E-state index in [1.54, 1.807) is 13.0 Å². The smallest absolute Gasteiger partial charge is 0.314 e. The van der Waals surface area contributed by atoms with Gasteiger partial charge in [-0.15, -0.1) is 0 Å². The van der Waals surface area contributed by atoms with Crippen LogP contribution in [0.2, 0.25) is 5.02 Å². The van der Waals surface area contributed by atoms with E-state index in [4.69, 9.17) is 16.3 Å². The van der Waals surface area contributed by atoms with Gasteiger partial charge in [0.1, 0.15) is 0 Å². The summed E-state index contributed by atoms with van der Waals surface area (Å²) in [6.45, 7) is 1.80. The monoisotopic (exact) mass is 284 g/mol. The molecule has 0 amide bonds. The molecule has 19 heavy (non-hydrogen) atoms. The minimum atomic E-state index is -0.981. The van der Waals surface area contributed by atoms with E-state index < -0.39 is 11.4 Å². The first-order chi connectivity index (χ1) is 8.94. The Balaban J connectivity index is 2.68. The van der Waals surface area contributed by atoms with Crippen molar-refractivity contribution in [2.45, 2.75) is 38.0 Å². The van der Waals surface area contributed by atoms with E-state index in [1.807, 2.05) is 0 Å². The first-order valence-electron chi connectivity index (χ1n) is 6.24. The number of carbonyl (C=O) groups is 1. The molecule has 0 heterocycles. The van der Waals surface area contributed by atoms with E-state index in [9.17, 15) is 15.0 Å². The summed E-state index contributed by atoms with van der Waals surface area (Å²) < 4.78 is 5.04. The number of ether oxygens (including phenoxy) is 1. The fraction of sp³-hybridized carbons (Fsp3) is 0.500. The Kier molecular flexibility index (Phi) is 3.63. The molecule has 0 aromatic heterocycles. The van der Waals surface area contributed by atoms with Crippen LogP contribution in [0.15, 0.2) is 6.07 Å². The van der Waals surface area contributed by atoms with Crippen molar-refractivity contribution >= 4 is 17.6 Å². The van der Waals surface area contributed by atoms with Crippen LogP contribution in [0.1, 0.15) is 36.8 Å². The summed E-state index contributed by atoms with van der Waals surface area (Å²) in [7, 11) is 1.44. The van der Waals surface area contributed by atoms with Gasteiger partial charge in [-0.2, -0.15) is 0 Å². The zero-order valence-corrected chi connectivity index (χ0v) is 11.8. The molecule has 1 aromatic rings. The highest BCUT2D eigenvalue weighted by molar-refractivity contribution is 6.33. The largest absolute Gasteiger partial charge is 0.503 e. The Bertz CT molecular complexity index is 519. The van der Waals surface area contributed by atoms with E-state index >= 15 is 0 Å². The number of methoxy groups -OCH3 is 1. The Morgan fingerprint density at radius 2 is 2.00 bits per heavy atom. The first-order valence-corrected chi connectivity index (χ1v) is 6.62. The van der Waals surface area contributed by atoms with E-state index in [0.717, 1.165) is 18.4 Å². The lowest BCUT2D eigenvalue weighted by Crippen LogP contribution is -2.33. The predicted octanol–water partition coefficient (Wildman–Crippen LogP) is 3.26. The van der Waals surface area contributed by atoms with Crippen molar-refractivity contribution < 1.29 is 19.7 Å². The number of aryl methyl sites for hydroxylation is 1. The molecule has 0 atom stereocenters. The minimum Gasteiger partial charge on any atom is -0.503 e. The van der Waals surface area contributed by atoms with Gasteiger partial charge in [-0.25, -0.2) is 0 Å². The number of aliphatic carboxylic acids is 1. The Morgan fingerprint density at radius 3 is 2.47 bits per heavy atom. The zero-order valence-electron chi connectivity index (χ0n) is 11.0. The highest BCUT2D eigenvalue weighted by Crippen LogP contribution is 2.50. The fourth-order valence-corrected chi connectivity index (χ4v) is 3.45. The van der Waals surface area contributed by atoms with Crippen LogP contribution in [0.3, 0.4) is 0 Å². The van der Waals surface area contributed by atoms with Crippen molar-refractivity contribution in [1.29, 1.82) is 0 Å². The molecule has 1 aliphatic rings. The lowest BCUT2D eigenvalue weighted by molar-refractivity contribution is -0.143. The molecule has 104 valence electrons. The maximum absolute atomic E-state index is 11.7. The molecule has 0 saturated heterocycles. The summed E-state index contributed by atoms with van der Waals surface area (Å²) >= 11 is 6.20. The Morgan fingerprint density at radius 1 is 1.42 bits per heavy atom. The van der Waals surface area contributed by atoms with Gasteiger partial charge in [0.15, 0.2) is 11.5 Å². The van der Waals surface area contributed by atoms with Gasteiger partial charge in [-0.3, -0.25) is 4.79 Å². The molecule has 0 aliphatic heterocycles. The molecular weight excluding hydrogens is 268 g/mol. The van der Waals surface area contributed by atoms with Crippen LogP contribution in [0.5, 0.6) is 11.5 Å². The third-order valence-corrected chi connectivity index (χ3v) is 4.34. The highest BCUT2D eigenvalue weighted by Gasteiger charge is 2.46. The molecule has 0 unspecified atom stereocenters. The number of rotatable bonds is 3. The van der Waals surface area contributed by atoms with Crippen molar-refractivity contribution in [2.75, 3.05) is 7.11 Å². The number of hydrogen-bond donors (Lipinski definition) is 2. The van der Waals surface area contributed by atoms with Crippen molar-refractivity contribution in [3.05, 3.63) is 22.2 Å². The van der Waals surface area contributed by atoms with Gasteiger partial charge in [-0.05, 0) is 37.0 Å². The van der Waals surface area contributed by atoms with E-state index in [2.05, 4.69) is 0 Å². The van der Waals surface area contributed by atoms with E-state index in [1.165, 1.54) is 7.11 Å². The lowest BCUT2D eigenvalue weighted by Gasteiger charge is -2.28. The molecule has 0 radical (unpaired) electrons. The van der Waals surface area contributed by atoms with Crippen LogP contribution in [0, 0.1) is 6.92 Å². The van der Waals surface area contributed by atoms with Gasteiger partial charge in [-0.1, -0.05) is 24.4 Å². The van der Waals surface area contributed by atoms with Crippen LogP contribution < -0.4 is 4.74 Å². The molecule has 2 rings (SSSR count). The van der Waals surface area contributed by atoms with Gasteiger partial charge < -0.3 is 14.9 Å². The SMILES string of the molecule is COc1cc(C)c(C2(C(=O)O)CCCC2)c(Cl)c1O. The summed E-state index contributed by atoms with van der Waals surface area (Å²) in [6.07, 6.45) is 2.81. The lowest BCUT2D eigenvalue weighted by atomic mass is 9.76. The third kappa shape index (κ3) is 2.04. The molecular formula is C14H17ClO4. The molecule has 5 heteroatoms. The minimum absolute atomic E-state index is 0.0983. The molecule has 0 spiro atoms. The van der Waals surface area contributed by atoms with Crippen molar-refractivity contribution in [2.24, 2.45) is 0 Å². The second kappa shape index (κ2) is 4.93. The van der Waals surface area contributed by atoms with Gasteiger partial charge in [0.25, 0.3) is 0 Å². The van der Waals surface area contributed by atoms with Gasteiger partial charge in [0.05, 0.1) is 17.5 Å². The third-order valence-electron chi connectivity index (χ3n) is 3.97. The summed E-state index contributed by atoms with van der Waals surface area (Å²) in [5, 5.41) is 19.7. The molecule has 1 saturated carbocycles. The van der Waals surface area contributed by atoms with Crippen LogP contribution >= 0.6 is 11.6 Å². The number of benzene rings is 1. The molecule has 1 fully saturated rings. The highest BCUT2D eigenvalue weighted by atomic mass is 35.5. The Labute approximate surface area is 117 Å². The fourth-order valence-electron chi connectivity index (χ4n) is 3.03. The molecule has 1 aromatic carbocycles. The average molecular weight is 285 g/mol. The summed E-state index contributed by atoms with van der Waals surface area (Å²) in [4.78, 5) is 11.7. The Hall–Kier alpha value is -1.42. The molecule has 2 N–H and O–H groups in total. The normalized spacial score (nSPS) is 17.4. The van der Waals surface area contributed by atoms with Crippen LogP contribution in [0.4, 0.5) is 0 Å². The standard InChI is InChI=1S/C14H17ClO4/c1-8-7-9(19-2)12(16)11(15)10(8)14(13(17)18)5-3-4-6-14/h7,16H,3-6H2,1-2H3,(H,17,18). The van der Waals surface area contributed by atoms with Crippen molar-refractivity contribution in [3.8, 4) is 11.5 Å². The first kappa shape index (κ1) is 14.0. The predicted molar refractivity (Wildman–Crippen MR) is 72.2 cm³/mol. The maximum Gasteiger partial charge on any atom is 0.314 e. The molecule has 4 nitrogen and oxygen atoms in total. The second-order valence-corrected chi connectivity index (χ2v) is 5.41. The average Bonchev–Trinajstić information content (AvgIpc) is 2.84. The summed E-state index contributed by atoms with van der Waals surface area (Å²) in [5.74, 6) is -0.790. The summed E-state index contributed by atoms with van der Waals surface area (Å²) in [5.41, 5.74) is 0.284. The quantitative estimate of drug-likeness (QED) is 0.894. The maximum atomic E-state index is 11.7. The van der Waals surface area contributed by atoms with Crippen LogP contribution in [-0.2, 0) is 10.2 Å². The number of halogens is 1. The second-order valence-electron chi connectivity index (χ2n) is 5.03. The number of hydrogen-bond acceptors (Lipinski definition) is 3. The zero-order chi connectivity index (χ0) is 14.2. The number of carboxylic acids is 1. The van der Waals surface area contributed by atoms with Crippen molar-refractivity contribution in [3.63, 3.8) is 0 Å². The number of carboxylic acid groups (broad SMARTS) is 1. The van der Waals surface area contributed by atoms with Gasteiger partial charge in [0, 0.05) is 0 Å². The number of aromatic hydroxyl groups is 1. The topological polar surface area (TPSA) is 66.8 Å². The number of phenolic OH excluding ortho intramolecular Hbond substituents is 1. The van der Waals surface area contributed by atoms with Crippen LogP contribution in [0.25, 0.3) is 0 Å². The summed E-state index contributed by atoms with van der Waals surface area (Å²) in [6, 6.07) is 1.64. The van der Waals surface area contributed by atoms with Crippen molar-refractivity contribution in [1.82, 2.24) is 0 Å². The van der Waals surface area contributed by atoms with E-state index in [0.29, 0.717) is 18.4 Å². The van der Waals surface area contributed by atoms with Gasteiger partial charge in [0.2, 0.25) is 0 Å².